The van der Waals surface area contributed by atoms with Crippen LogP contribution in [0.4, 0.5) is 0 Å². The van der Waals surface area contributed by atoms with Crippen molar-refractivity contribution in [2.45, 2.75) is 25.9 Å². The van der Waals surface area contributed by atoms with Crippen molar-refractivity contribution in [2.75, 3.05) is 7.11 Å². The van der Waals surface area contributed by atoms with Gasteiger partial charge in [0.1, 0.15) is 6.04 Å². The second-order valence-electron chi connectivity index (χ2n) is 4.21. The van der Waals surface area contributed by atoms with E-state index in [4.69, 9.17) is 10.5 Å². The highest BCUT2D eigenvalue weighted by atomic mass is 79.9. The van der Waals surface area contributed by atoms with Crippen LogP contribution >= 0.6 is 15.9 Å². The van der Waals surface area contributed by atoms with E-state index in [0.717, 1.165) is 0 Å². The summed E-state index contributed by atoms with van der Waals surface area (Å²) >= 11 is 3.21. The van der Waals surface area contributed by atoms with Crippen molar-refractivity contribution >= 4 is 21.8 Å². The second-order valence-corrected chi connectivity index (χ2v) is 5.06. The van der Waals surface area contributed by atoms with E-state index < -0.39 is 11.9 Å². The van der Waals surface area contributed by atoms with Crippen molar-refractivity contribution < 1.29 is 14.6 Å². The number of halogens is 1. The topological polar surface area (TPSA) is 84.6 Å². The third kappa shape index (κ3) is 3.36. The number of phenolic OH excluding ortho intramolecular Hbond substituents is 1. The van der Waals surface area contributed by atoms with E-state index in [1.165, 1.54) is 7.11 Å². The first-order valence-electron chi connectivity index (χ1n) is 5.48. The Morgan fingerprint density at radius 3 is 2.56 bits per heavy atom. The van der Waals surface area contributed by atoms with Gasteiger partial charge in [-0.15, -0.1) is 0 Å². The van der Waals surface area contributed by atoms with Crippen LogP contribution in [-0.4, -0.2) is 24.2 Å². The molecule has 0 aliphatic rings. The fourth-order valence-corrected chi connectivity index (χ4v) is 2.05. The van der Waals surface area contributed by atoms with E-state index in [0.29, 0.717) is 10.0 Å². The maximum absolute atomic E-state index is 11.5. The average molecular weight is 317 g/mol. The van der Waals surface area contributed by atoms with Gasteiger partial charge in [0.2, 0.25) is 5.91 Å². The van der Waals surface area contributed by atoms with Crippen LogP contribution in [0.3, 0.4) is 0 Å². The number of aromatic hydroxyl groups is 1. The first-order chi connectivity index (χ1) is 8.36. The number of hydrogen-bond donors (Lipinski definition) is 3. The molecule has 5 nitrogen and oxygen atoms in total. The zero-order valence-electron chi connectivity index (χ0n) is 10.5. The van der Waals surface area contributed by atoms with Crippen LogP contribution < -0.4 is 15.8 Å². The van der Waals surface area contributed by atoms with Crippen LogP contribution in [0.5, 0.6) is 11.5 Å². The number of amides is 1. The number of nitrogens with one attached hydrogen (secondary N) is 1. The Morgan fingerprint density at radius 1 is 1.50 bits per heavy atom. The summed E-state index contributed by atoms with van der Waals surface area (Å²) in [6, 6.07) is 2.70. The minimum Gasteiger partial charge on any atom is -0.503 e. The number of primary amides is 1. The summed E-state index contributed by atoms with van der Waals surface area (Å²) in [6.45, 7) is 3.84. The summed E-state index contributed by atoms with van der Waals surface area (Å²) in [5, 5.41) is 12.8. The molecule has 0 saturated heterocycles. The van der Waals surface area contributed by atoms with Crippen LogP contribution in [0.2, 0.25) is 0 Å². The van der Waals surface area contributed by atoms with Gasteiger partial charge in [-0.3, -0.25) is 10.1 Å². The molecule has 1 atom stereocenters. The molecule has 1 rings (SSSR count). The van der Waals surface area contributed by atoms with Crippen LogP contribution in [0.15, 0.2) is 16.6 Å². The highest BCUT2D eigenvalue weighted by Crippen LogP contribution is 2.36. The van der Waals surface area contributed by atoms with Gasteiger partial charge in [-0.1, -0.05) is 0 Å². The van der Waals surface area contributed by atoms with E-state index in [1.54, 1.807) is 12.1 Å². The lowest BCUT2D eigenvalue weighted by Gasteiger charge is -2.20. The number of carbonyl (C=O) groups excluding carboxylic acids is 1. The number of benzene rings is 1. The lowest BCUT2D eigenvalue weighted by Crippen LogP contribution is -2.37. The Bertz CT molecular complexity index is 449. The smallest absolute Gasteiger partial charge is 0.239 e. The summed E-state index contributed by atoms with van der Waals surface area (Å²) in [5.74, 6) is -0.200. The van der Waals surface area contributed by atoms with Crippen LogP contribution in [-0.2, 0) is 4.79 Å². The number of carbonyl (C=O) groups is 1. The first kappa shape index (κ1) is 14.8. The molecule has 0 heterocycles. The zero-order chi connectivity index (χ0) is 13.9. The van der Waals surface area contributed by atoms with Crippen LogP contribution in [0.1, 0.15) is 25.5 Å². The SMILES string of the molecule is COc1cc(C(NC(C)C)C(N)=O)cc(Br)c1O. The minimum atomic E-state index is -0.629. The van der Waals surface area contributed by atoms with E-state index in [2.05, 4.69) is 21.2 Å². The Balaban J connectivity index is 3.20. The van der Waals surface area contributed by atoms with Crippen LogP contribution in [0.25, 0.3) is 0 Å². The van der Waals surface area contributed by atoms with Gasteiger partial charge in [0.15, 0.2) is 11.5 Å². The predicted octanol–water partition coefficient (Wildman–Crippen LogP) is 1.69. The maximum Gasteiger partial charge on any atom is 0.239 e. The summed E-state index contributed by atoms with van der Waals surface area (Å²) in [6.07, 6.45) is 0. The summed E-state index contributed by atoms with van der Waals surface area (Å²) in [5.41, 5.74) is 6.01. The first-order valence-corrected chi connectivity index (χ1v) is 6.27. The summed E-state index contributed by atoms with van der Waals surface area (Å²) in [7, 11) is 1.44. The number of hydrogen-bond acceptors (Lipinski definition) is 4. The molecule has 1 unspecified atom stereocenters. The Hall–Kier alpha value is -1.27. The minimum absolute atomic E-state index is 0.00554. The van der Waals surface area contributed by atoms with Gasteiger partial charge in [0.25, 0.3) is 0 Å². The van der Waals surface area contributed by atoms with Crippen molar-refractivity contribution in [3.63, 3.8) is 0 Å². The van der Waals surface area contributed by atoms with E-state index in [-0.39, 0.29) is 17.5 Å². The van der Waals surface area contributed by atoms with Gasteiger partial charge in [-0.05, 0) is 47.5 Å². The molecule has 0 spiro atoms. The normalized spacial score (nSPS) is 12.5. The zero-order valence-corrected chi connectivity index (χ0v) is 12.1. The molecule has 18 heavy (non-hydrogen) atoms. The highest BCUT2D eigenvalue weighted by molar-refractivity contribution is 9.10. The van der Waals surface area contributed by atoms with Crippen LogP contribution in [0, 0.1) is 0 Å². The molecule has 100 valence electrons. The van der Waals surface area contributed by atoms with Crippen molar-refractivity contribution in [1.82, 2.24) is 5.32 Å². The molecule has 0 aliphatic heterocycles. The number of phenols is 1. The predicted molar refractivity (Wildman–Crippen MR) is 72.6 cm³/mol. The van der Waals surface area contributed by atoms with E-state index in [9.17, 15) is 9.90 Å². The maximum atomic E-state index is 11.5. The molecule has 1 aromatic rings. The average Bonchev–Trinajstić information content (AvgIpc) is 2.29. The molecule has 0 bridgehead atoms. The summed E-state index contributed by atoms with van der Waals surface area (Å²) < 4.78 is 5.49. The number of methoxy groups -OCH3 is 1. The van der Waals surface area contributed by atoms with Gasteiger partial charge in [-0.2, -0.15) is 0 Å². The lowest BCUT2D eigenvalue weighted by atomic mass is 10.0. The van der Waals surface area contributed by atoms with Crippen molar-refractivity contribution in [1.29, 1.82) is 0 Å². The standard InChI is InChI=1S/C12H17BrN2O3/c1-6(2)15-10(12(14)17)7-4-8(13)11(16)9(5-7)18-3/h4-6,10,15-16H,1-3H3,(H2,14,17). The number of nitrogens with two attached hydrogens (primary N) is 1. The molecule has 1 amide bonds. The Labute approximate surface area is 114 Å². The van der Waals surface area contributed by atoms with E-state index in [1.807, 2.05) is 13.8 Å². The molecule has 4 N–H and O–H groups in total. The lowest BCUT2D eigenvalue weighted by molar-refractivity contribution is -0.120. The second kappa shape index (κ2) is 6.06. The number of rotatable bonds is 5. The molecule has 0 aromatic heterocycles. The fraction of sp³-hybridized carbons (Fsp3) is 0.417. The van der Waals surface area contributed by atoms with Crippen molar-refractivity contribution in [2.24, 2.45) is 5.73 Å². The van der Waals surface area contributed by atoms with Crippen molar-refractivity contribution in [3.8, 4) is 11.5 Å². The largest absolute Gasteiger partial charge is 0.503 e. The molecule has 0 saturated carbocycles. The molecule has 6 heteroatoms. The van der Waals surface area contributed by atoms with Gasteiger partial charge >= 0.3 is 0 Å². The van der Waals surface area contributed by atoms with Gasteiger partial charge in [0.05, 0.1) is 11.6 Å². The Morgan fingerprint density at radius 2 is 2.11 bits per heavy atom. The highest BCUT2D eigenvalue weighted by Gasteiger charge is 2.21. The van der Waals surface area contributed by atoms with E-state index >= 15 is 0 Å². The summed E-state index contributed by atoms with van der Waals surface area (Å²) in [4.78, 5) is 11.5. The van der Waals surface area contributed by atoms with Crippen molar-refractivity contribution in [3.05, 3.63) is 22.2 Å². The molecular formula is C12H17BrN2O3. The molecule has 0 radical (unpaired) electrons. The Kier molecular flexibility index (Phi) is 4.98. The fourth-order valence-electron chi connectivity index (χ4n) is 1.59. The molecular weight excluding hydrogens is 300 g/mol. The van der Waals surface area contributed by atoms with Gasteiger partial charge in [-0.25, -0.2) is 0 Å². The quantitative estimate of drug-likeness (QED) is 0.771. The molecule has 0 fully saturated rings. The molecule has 1 aromatic carbocycles. The van der Waals surface area contributed by atoms with Gasteiger partial charge < -0.3 is 15.6 Å². The number of ether oxygens (including phenoxy) is 1. The monoisotopic (exact) mass is 316 g/mol. The van der Waals surface area contributed by atoms with Gasteiger partial charge in [0, 0.05) is 6.04 Å². The third-order valence-corrected chi connectivity index (χ3v) is 2.99. The third-order valence-electron chi connectivity index (χ3n) is 2.39. The molecule has 0 aliphatic carbocycles.